The summed E-state index contributed by atoms with van der Waals surface area (Å²) < 4.78 is 0. The van der Waals surface area contributed by atoms with Gasteiger partial charge in [-0.3, -0.25) is 4.79 Å². The largest absolute Gasteiger partial charge is 0.508 e. The third kappa shape index (κ3) is 1.51. The first-order valence-corrected chi connectivity index (χ1v) is 7.53. The first kappa shape index (κ1) is 12.1. The van der Waals surface area contributed by atoms with Crippen molar-refractivity contribution in [1.29, 1.82) is 0 Å². The Hall–Kier alpha value is -1.71. The molecule has 0 spiro atoms. The summed E-state index contributed by atoms with van der Waals surface area (Å²) in [7, 11) is 0. The highest BCUT2D eigenvalue weighted by Gasteiger charge is 2.45. The van der Waals surface area contributed by atoms with E-state index in [1.54, 1.807) is 6.92 Å². The molecule has 4 nitrogen and oxygen atoms in total. The van der Waals surface area contributed by atoms with Gasteiger partial charge < -0.3 is 14.9 Å². The van der Waals surface area contributed by atoms with Crippen LogP contribution in [0.3, 0.4) is 0 Å². The van der Waals surface area contributed by atoms with Gasteiger partial charge in [-0.2, -0.15) is 0 Å². The van der Waals surface area contributed by atoms with Crippen LogP contribution in [0.2, 0.25) is 0 Å². The fourth-order valence-electron chi connectivity index (χ4n) is 4.35. The Morgan fingerprint density at radius 2 is 2.15 bits per heavy atom. The molecule has 1 fully saturated rings. The average molecular weight is 272 g/mol. The predicted molar refractivity (Wildman–Crippen MR) is 76.9 cm³/mol. The minimum Gasteiger partial charge on any atom is -0.508 e. The van der Waals surface area contributed by atoms with Crippen molar-refractivity contribution in [1.82, 2.24) is 4.90 Å². The minimum atomic E-state index is 0.135. The normalized spacial score (nSPS) is 27.2. The number of aromatic hydroxyl groups is 1. The van der Waals surface area contributed by atoms with Gasteiger partial charge in [-0.15, -0.1) is 0 Å². The molecule has 1 saturated carbocycles. The van der Waals surface area contributed by atoms with Gasteiger partial charge in [0.15, 0.2) is 0 Å². The molecule has 0 saturated heterocycles. The summed E-state index contributed by atoms with van der Waals surface area (Å²) in [5.74, 6) is 1.07. The fraction of sp³-hybridized carbons (Fsp3) is 0.562. The zero-order chi connectivity index (χ0) is 13.9. The van der Waals surface area contributed by atoms with Crippen LogP contribution in [0.5, 0.6) is 5.75 Å². The molecule has 1 aromatic carbocycles. The number of nitrogens with zero attached hydrogens (tertiary/aromatic N) is 2. The van der Waals surface area contributed by atoms with Crippen LogP contribution < -0.4 is 4.90 Å². The van der Waals surface area contributed by atoms with E-state index in [2.05, 4.69) is 4.90 Å². The Bertz CT molecular complexity index is 584. The summed E-state index contributed by atoms with van der Waals surface area (Å²) in [6, 6.07) is 4.34. The summed E-state index contributed by atoms with van der Waals surface area (Å²) in [5, 5.41) is 10.3. The zero-order valence-electron chi connectivity index (χ0n) is 11.8. The van der Waals surface area contributed by atoms with E-state index in [1.165, 1.54) is 30.5 Å². The van der Waals surface area contributed by atoms with Gasteiger partial charge in [0.2, 0.25) is 5.91 Å². The van der Waals surface area contributed by atoms with Gasteiger partial charge in [-0.1, -0.05) is 12.5 Å². The van der Waals surface area contributed by atoms with Crippen molar-refractivity contribution in [2.45, 2.75) is 44.7 Å². The van der Waals surface area contributed by atoms with Crippen LogP contribution in [-0.2, 0) is 11.3 Å². The lowest BCUT2D eigenvalue weighted by atomic mass is 9.95. The van der Waals surface area contributed by atoms with Crippen molar-refractivity contribution in [2.75, 3.05) is 18.0 Å². The number of benzene rings is 1. The van der Waals surface area contributed by atoms with Gasteiger partial charge in [-0.25, -0.2) is 0 Å². The molecule has 0 aromatic heterocycles. The van der Waals surface area contributed by atoms with E-state index in [-0.39, 0.29) is 5.91 Å². The highest BCUT2D eigenvalue weighted by molar-refractivity contribution is 5.76. The zero-order valence-corrected chi connectivity index (χ0v) is 11.8. The van der Waals surface area contributed by atoms with Crippen LogP contribution in [0.1, 0.15) is 43.2 Å². The third-order valence-electron chi connectivity index (χ3n) is 5.23. The van der Waals surface area contributed by atoms with Gasteiger partial charge in [0.25, 0.3) is 0 Å². The van der Waals surface area contributed by atoms with Crippen molar-refractivity contribution in [3.8, 4) is 5.75 Å². The molecular formula is C16H20N2O2. The van der Waals surface area contributed by atoms with Gasteiger partial charge in [0.1, 0.15) is 5.75 Å². The molecule has 0 bridgehead atoms. The molecule has 1 aromatic rings. The van der Waals surface area contributed by atoms with E-state index in [0.29, 0.717) is 24.3 Å². The van der Waals surface area contributed by atoms with Crippen molar-refractivity contribution < 1.29 is 9.90 Å². The number of phenolic OH excluding ortho intramolecular Hbond substituents is 1. The monoisotopic (exact) mass is 272 g/mol. The number of anilines is 1. The molecule has 2 aliphatic heterocycles. The van der Waals surface area contributed by atoms with E-state index >= 15 is 0 Å². The van der Waals surface area contributed by atoms with Gasteiger partial charge in [0, 0.05) is 49.8 Å². The number of carbonyl (C=O) groups is 1. The van der Waals surface area contributed by atoms with Gasteiger partial charge in [0.05, 0.1) is 0 Å². The van der Waals surface area contributed by atoms with Crippen LogP contribution in [0.25, 0.3) is 0 Å². The van der Waals surface area contributed by atoms with Crippen LogP contribution in [0.15, 0.2) is 12.1 Å². The molecule has 1 N–H and O–H groups in total. The lowest BCUT2D eigenvalue weighted by Gasteiger charge is -2.27. The van der Waals surface area contributed by atoms with Gasteiger partial charge in [-0.05, 0) is 24.5 Å². The SMILES string of the molecule is CC(=O)N1CCN2c3c(ccc(O)c3[C@H]3CCC[C@H]32)C1. The lowest BCUT2D eigenvalue weighted by molar-refractivity contribution is -0.129. The maximum Gasteiger partial charge on any atom is 0.219 e. The Balaban J connectivity index is 1.86. The Kier molecular flexibility index (Phi) is 2.50. The second kappa shape index (κ2) is 4.14. The first-order chi connectivity index (χ1) is 9.66. The number of amides is 1. The Labute approximate surface area is 119 Å². The lowest BCUT2D eigenvalue weighted by Crippen LogP contribution is -2.37. The summed E-state index contributed by atoms with van der Waals surface area (Å²) in [6.07, 6.45) is 3.63. The van der Waals surface area contributed by atoms with Gasteiger partial charge >= 0.3 is 0 Å². The maximum absolute atomic E-state index is 11.7. The number of fused-ring (bicyclic) bond motifs is 3. The van der Waals surface area contributed by atoms with E-state index in [0.717, 1.165) is 18.7 Å². The molecular weight excluding hydrogens is 252 g/mol. The second-order valence-corrected chi connectivity index (χ2v) is 6.24. The molecule has 0 radical (unpaired) electrons. The Morgan fingerprint density at radius 3 is 2.95 bits per heavy atom. The first-order valence-electron chi connectivity index (χ1n) is 7.53. The smallest absolute Gasteiger partial charge is 0.219 e. The van der Waals surface area contributed by atoms with Crippen molar-refractivity contribution in [3.63, 3.8) is 0 Å². The van der Waals surface area contributed by atoms with Crippen LogP contribution in [0.4, 0.5) is 5.69 Å². The maximum atomic E-state index is 11.7. The molecule has 106 valence electrons. The highest BCUT2D eigenvalue weighted by atomic mass is 16.3. The average Bonchev–Trinajstić information content (AvgIpc) is 2.92. The number of rotatable bonds is 0. The van der Waals surface area contributed by atoms with Crippen molar-refractivity contribution >= 4 is 11.6 Å². The fourth-order valence-corrected chi connectivity index (χ4v) is 4.35. The number of hydrogen-bond acceptors (Lipinski definition) is 3. The summed E-state index contributed by atoms with van der Waals surface area (Å²) in [6.45, 7) is 3.99. The molecule has 0 unspecified atom stereocenters. The minimum absolute atomic E-state index is 0.135. The van der Waals surface area contributed by atoms with E-state index in [4.69, 9.17) is 0 Å². The molecule has 1 amide bonds. The number of carbonyl (C=O) groups excluding carboxylic acids is 1. The standard InChI is InChI=1S/C16H20N2O2/c1-10(19)17-7-8-18-13-4-2-3-12(13)15-14(20)6-5-11(9-17)16(15)18/h5-6,12-13,20H,2-4,7-9H2,1H3/t12-,13+/m0/s1. The predicted octanol–water partition coefficient (Wildman–Crippen LogP) is 2.21. The van der Waals surface area contributed by atoms with E-state index in [9.17, 15) is 9.90 Å². The number of phenols is 1. The quantitative estimate of drug-likeness (QED) is 0.787. The second-order valence-electron chi connectivity index (χ2n) is 6.24. The molecule has 4 heteroatoms. The van der Waals surface area contributed by atoms with E-state index < -0.39 is 0 Å². The molecule has 20 heavy (non-hydrogen) atoms. The topological polar surface area (TPSA) is 43.8 Å². The molecule has 2 heterocycles. The summed E-state index contributed by atoms with van der Waals surface area (Å²) >= 11 is 0. The third-order valence-corrected chi connectivity index (χ3v) is 5.23. The van der Waals surface area contributed by atoms with Crippen molar-refractivity contribution in [3.05, 3.63) is 23.3 Å². The number of hydrogen-bond donors (Lipinski definition) is 1. The van der Waals surface area contributed by atoms with Crippen LogP contribution in [0, 0.1) is 0 Å². The van der Waals surface area contributed by atoms with Crippen LogP contribution in [-0.4, -0.2) is 35.0 Å². The van der Waals surface area contributed by atoms with Crippen molar-refractivity contribution in [2.24, 2.45) is 0 Å². The van der Waals surface area contributed by atoms with Crippen LogP contribution >= 0.6 is 0 Å². The van der Waals surface area contributed by atoms with E-state index in [1.807, 2.05) is 17.0 Å². The molecule has 2 atom stereocenters. The Morgan fingerprint density at radius 1 is 1.30 bits per heavy atom. The summed E-state index contributed by atoms with van der Waals surface area (Å²) in [5.41, 5.74) is 3.57. The molecule has 4 rings (SSSR count). The highest BCUT2D eigenvalue weighted by Crippen LogP contribution is 2.54. The summed E-state index contributed by atoms with van der Waals surface area (Å²) in [4.78, 5) is 16.1. The molecule has 1 aliphatic carbocycles. The molecule has 3 aliphatic rings.